The van der Waals surface area contributed by atoms with Gasteiger partial charge in [-0.2, -0.15) is 5.26 Å². The van der Waals surface area contributed by atoms with Gasteiger partial charge in [-0.25, -0.2) is 9.18 Å². The zero-order valence-electron chi connectivity index (χ0n) is 18.4. The summed E-state index contributed by atoms with van der Waals surface area (Å²) >= 11 is 0. The minimum Gasteiger partial charge on any atom is -0.507 e. The predicted molar refractivity (Wildman–Crippen MR) is 128 cm³/mol. The number of aromatic nitrogens is 1. The van der Waals surface area contributed by atoms with Gasteiger partial charge in [-0.15, -0.1) is 0 Å². The molecule has 5 nitrogen and oxygen atoms in total. The standard InChI is InChI=1S/C28H23FN2O3/c29-21-12-14-22(15-13-21)31-23-2-1-3-24(32)26(23)25(18-8-10-20(11-9-18)28(33)34)27(31)19-6-4-17(16-30)5-7-19/h1-3,8-15,17,19,32H,4-7H2,(H,33,34)/t17-,19+. The number of phenols is 1. The molecule has 34 heavy (non-hydrogen) atoms. The molecule has 0 spiro atoms. The van der Waals surface area contributed by atoms with E-state index in [-0.39, 0.29) is 29.0 Å². The summed E-state index contributed by atoms with van der Waals surface area (Å²) in [5.41, 5.74) is 4.39. The van der Waals surface area contributed by atoms with E-state index in [2.05, 4.69) is 10.6 Å². The summed E-state index contributed by atoms with van der Waals surface area (Å²) in [7, 11) is 0. The highest BCUT2D eigenvalue weighted by Crippen LogP contribution is 2.48. The Balaban J connectivity index is 1.81. The second kappa shape index (κ2) is 8.68. The molecular formula is C28H23FN2O3. The van der Waals surface area contributed by atoms with Crippen molar-refractivity contribution in [2.45, 2.75) is 31.6 Å². The fourth-order valence-electron chi connectivity index (χ4n) is 5.16. The number of carbonyl (C=O) groups is 1. The molecule has 2 N–H and O–H groups in total. The Bertz CT molecular complexity index is 1410. The molecule has 5 rings (SSSR count). The first-order valence-corrected chi connectivity index (χ1v) is 11.3. The van der Waals surface area contributed by atoms with Gasteiger partial charge in [-0.3, -0.25) is 0 Å². The number of fused-ring (bicyclic) bond motifs is 1. The van der Waals surface area contributed by atoms with Crippen LogP contribution < -0.4 is 0 Å². The number of nitrogens with zero attached hydrogens (tertiary/aromatic N) is 2. The van der Waals surface area contributed by atoms with Gasteiger partial charge in [0.25, 0.3) is 0 Å². The van der Waals surface area contributed by atoms with E-state index in [0.717, 1.165) is 53.7 Å². The topological polar surface area (TPSA) is 86.2 Å². The van der Waals surface area contributed by atoms with Crippen molar-refractivity contribution in [3.8, 4) is 28.6 Å². The van der Waals surface area contributed by atoms with E-state index in [9.17, 15) is 24.7 Å². The maximum Gasteiger partial charge on any atom is 0.335 e. The summed E-state index contributed by atoms with van der Waals surface area (Å²) in [6.07, 6.45) is 3.21. The minimum atomic E-state index is -1.00. The van der Waals surface area contributed by atoms with Crippen molar-refractivity contribution in [2.24, 2.45) is 5.92 Å². The summed E-state index contributed by atoms with van der Waals surface area (Å²) in [5, 5.41) is 30.4. The van der Waals surface area contributed by atoms with Crippen LogP contribution in [0.3, 0.4) is 0 Å². The van der Waals surface area contributed by atoms with Crippen molar-refractivity contribution in [3.05, 3.63) is 83.8 Å². The van der Waals surface area contributed by atoms with Gasteiger partial charge in [-0.1, -0.05) is 18.2 Å². The number of carboxylic acid groups (broad SMARTS) is 1. The second-order valence-corrected chi connectivity index (χ2v) is 8.80. The summed E-state index contributed by atoms with van der Waals surface area (Å²) in [6, 6.07) is 20.7. The van der Waals surface area contributed by atoms with Crippen LogP contribution >= 0.6 is 0 Å². The molecule has 1 fully saturated rings. The zero-order valence-corrected chi connectivity index (χ0v) is 18.4. The lowest BCUT2D eigenvalue weighted by atomic mass is 9.79. The van der Waals surface area contributed by atoms with Crippen LogP contribution in [0.4, 0.5) is 4.39 Å². The highest BCUT2D eigenvalue weighted by Gasteiger charge is 2.31. The lowest BCUT2D eigenvalue weighted by molar-refractivity contribution is 0.0697. The summed E-state index contributed by atoms with van der Waals surface area (Å²) in [5.74, 6) is -1.05. The first-order chi connectivity index (χ1) is 16.5. The lowest BCUT2D eigenvalue weighted by Gasteiger charge is -2.27. The quantitative estimate of drug-likeness (QED) is 0.362. The van der Waals surface area contributed by atoms with E-state index >= 15 is 0 Å². The third-order valence-corrected chi connectivity index (χ3v) is 6.81. The van der Waals surface area contributed by atoms with E-state index in [1.807, 2.05) is 6.07 Å². The molecule has 4 aromatic rings. The molecule has 1 aliphatic rings. The smallest absolute Gasteiger partial charge is 0.335 e. The number of nitriles is 1. The highest BCUT2D eigenvalue weighted by atomic mass is 19.1. The van der Waals surface area contributed by atoms with Crippen LogP contribution in [0, 0.1) is 23.1 Å². The highest BCUT2D eigenvalue weighted by molar-refractivity contribution is 6.03. The fourth-order valence-corrected chi connectivity index (χ4v) is 5.16. The number of hydrogen-bond donors (Lipinski definition) is 2. The van der Waals surface area contributed by atoms with Crippen molar-refractivity contribution in [1.29, 1.82) is 5.26 Å². The monoisotopic (exact) mass is 454 g/mol. The van der Waals surface area contributed by atoms with E-state index < -0.39 is 5.97 Å². The van der Waals surface area contributed by atoms with E-state index in [1.165, 1.54) is 12.1 Å². The van der Waals surface area contributed by atoms with Gasteiger partial charge >= 0.3 is 5.97 Å². The largest absolute Gasteiger partial charge is 0.507 e. The molecule has 6 heteroatoms. The van der Waals surface area contributed by atoms with Crippen LogP contribution in [0.1, 0.15) is 47.7 Å². The van der Waals surface area contributed by atoms with Gasteiger partial charge in [0.05, 0.1) is 17.1 Å². The Morgan fingerprint density at radius 1 is 0.971 bits per heavy atom. The van der Waals surface area contributed by atoms with Crippen LogP contribution in [0.2, 0.25) is 0 Å². The van der Waals surface area contributed by atoms with Crippen LogP contribution in [-0.4, -0.2) is 20.7 Å². The molecule has 0 atom stereocenters. The number of carboxylic acids is 1. The van der Waals surface area contributed by atoms with E-state index in [1.54, 1.807) is 48.5 Å². The second-order valence-electron chi connectivity index (χ2n) is 8.80. The molecular weight excluding hydrogens is 431 g/mol. The first kappa shape index (κ1) is 21.7. The average molecular weight is 455 g/mol. The van der Waals surface area contributed by atoms with Gasteiger partial charge in [0.1, 0.15) is 11.6 Å². The van der Waals surface area contributed by atoms with Crippen LogP contribution in [0.25, 0.3) is 27.7 Å². The molecule has 0 unspecified atom stereocenters. The van der Waals surface area contributed by atoms with Gasteiger partial charge in [0.2, 0.25) is 0 Å². The molecule has 0 amide bonds. The Labute approximate surface area is 196 Å². The van der Waals surface area contributed by atoms with Gasteiger partial charge in [0, 0.05) is 34.2 Å². The number of halogens is 1. The molecule has 1 aliphatic carbocycles. The normalized spacial score (nSPS) is 18.0. The Kier molecular flexibility index (Phi) is 5.54. The molecule has 0 radical (unpaired) electrons. The van der Waals surface area contributed by atoms with Crippen molar-refractivity contribution < 1.29 is 19.4 Å². The maximum atomic E-state index is 13.8. The molecule has 1 saturated carbocycles. The van der Waals surface area contributed by atoms with Crippen molar-refractivity contribution in [3.63, 3.8) is 0 Å². The molecule has 1 heterocycles. The fraction of sp³-hybridized carbons (Fsp3) is 0.214. The predicted octanol–water partition coefficient (Wildman–Crippen LogP) is 6.64. The average Bonchev–Trinajstić information content (AvgIpc) is 3.21. The maximum absolute atomic E-state index is 13.8. The van der Waals surface area contributed by atoms with Gasteiger partial charge < -0.3 is 14.8 Å². The van der Waals surface area contributed by atoms with Crippen LogP contribution in [-0.2, 0) is 0 Å². The van der Waals surface area contributed by atoms with Crippen molar-refractivity contribution in [1.82, 2.24) is 4.57 Å². The van der Waals surface area contributed by atoms with Crippen LogP contribution in [0.5, 0.6) is 5.75 Å². The van der Waals surface area contributed by atoms with Gasteiger partial charge in [0.15, 0.2) is 0 Å². The first-order valence-electron chi connectivity index (χ1n) is 11.3. The van der Waals surface area contributed by atoms with E-state index in [0.29, 0.717) is 5.39 Å². The molecule has 170 valence electrons. The number of aromatic carboxylic acids is 1. The Morgan fingerprint density at radius 3 is 2.26 bits per heavy atom. The third-order valence-electron chi connectivity index (χ3n) is 6.81. The molecule has 3 aromatic carbocycles. The zero-order chi connectivity index (χ0) is 23.8. The summed E-state index contributed by atoms with van der Waals surface area (Å²) < 4.78 is 15.8. The molecule has 0 saturated heterocycles. The molecule has 0 aliphatic heterocycles. The van der Waals surface area contributed by atoms with Crippen molar-refractivity contribution in [2.75, 3.05) is 0 Å². The SMILES string of the molecule is N#C[C@H]1CC[C@@H](c2c(-c3ccc(C(=O)O)cc3)c3c(O)cccc3n2-c2ccc(F)cc2)CC1. The number of aromatic hydroxyl groups is 1. The third kappa shape index (κ3) is 3.69. The van der Waals surface area contributed by atoms with E-state index in [4.69, 9.17) is 0 Å². The number of benzene rings is 3. The Morgan fingerprint density at radius 2 is 1.65 bits per heavy atom. The molecule has 1 aromatic heterocycles. The lowest BCUT2D eigenvalue weighted by Crippen LogP contribution is -2.15. The number of hydrogen-bond acceptors (Lipinski definition) is 3. The number of phenolic OH excluding ortho intramolecular Hbond substituents is 1. The summed E-state index contributed by atoms with van der Waals surface area (Å²) in [4.78, 5) is 11.4. The number of rotatable bonds is 4. The minimum absolute atomic E-state index is 0.0339. The van der Waals surface area contributed by atoms with Gasteiger partial charge in [-0.05, 0) is 79.8 Å². The Hall–Kier alpha value is -4.11. The van der Waals surface area contributed by atoms with Crippen molar-refractivity contribution >= 4 is 16.9 Å². The molecule has 0 bridgehead atoms. The van der Waals surface area contributed by atoms with Crippen LogP contribution in [0.15, 0.2) is 66.7 Å². The summed E-state index contributed by atoms with van der Waals surface area (Å²) in [6.45, 7) is 0.